The van der Waals surface area contributed by atoms with Crippen molar-refractivity contribution in [2.75, 3.05) is 26.3 Å². The standard InChI is InChI=1S/C8H17NO3/c10-5-3-9(4-6-11)7-1-2-8(7)12/h7-8,10-12H,1-6H2/t7-,8-/m1/s1. The van der Waals surface area contributed by atoms with Gasteiger partial charge in [-0.05, 0) is 12.8 Å². The van der Waals surface area contributed by atoms with Gasteiger partial charge in [0.25, 0.3) is 0 Å². The van der Waals surface area contributed by atoms with Crippen LogP contribution in [0.2, 0.25) is 0 Å². The Hall–Kier alpha value is -0.160. The van der Waals surface area contributed by atoms with Gasteiger partial charge >= 0.3 is 0 Å². The molecule has 72 valence electrons. The maximum absolute atomic E-state index is 9.33. The summed E-state index contributed by atoms with van der Waals surface area (Å²) in [6, 6.07) is 0.157. The summed E-state index contributed by atoms with van der Waals surface area (Å²) in [6.07, 6.45) is 1.56. The number of nitrogens with zero attached hydrogens (tertiary/aromatic N) is 1. The summed E-state index contributed by atoms with van der Waals surface area (Å²) in [6.45, 7) is 1.26. The Morgan fingerprint density at radius 3 is 1.92 bits per heavy atom. The number of aliphatic hydroxyl groups excluding tert-OH is 3. The molecular formula is C8H17NO3. The third-order valence-electron chi connectivity index (χ3n) is 2.45. The summed E-state index contributed by atoms with van der Waals surface area (Å²) in [5.41, 5.74) is 0. The van der Waals surface area contributed by atoms with Crippen molar-refractivity contribution >= 4 is 0 Å². The van der Waals surface area contributed by atoms with Crippen molar-refractivity contribution in [1.82, 2.24) is 4.90 Å². The van der Waals surface area contributed by atoms with Crippen LogP contribution < -0.4 is 0 Å². The fourth-order valence-electron chi connectivity index (χ4n) is 1.59. The van der Waals surface area contributed by atoms with Gasteiger partial charge in [-0.15, -0.1) is 0 Å². The number of hydrogen-bond donors (Lipinski definition) is 3. The topological polar surface area (TPSA) is 63.9 Å². The molecule has 0 heterocycles. The Kier molecular flexibility index (Phi) is 3.94. The van der Waals surface area contributed by atoms with E-state index in [2.05, 4.69) is 0 Å². The minimum absolute atomic E-state index is 0.0865. The summed E-state index contributed by atoms with van der Waals surface area (Å²) >= 11 is 0. The van der Waals surface area contributed by atoms with Crippen molar-refractivity contribution < 1.29 is 15.3 Å². The molecule has 0 aromatic heterocycles. The van der Waals surface area contributed by atoms with Crippen molar-refractivity contribution in [2.24, 2.45) is 0 Å². The summed E-state index contributed by atoms with van der Waals surface area (Å²) < 4.78 is 0. The molecule has 0 bridgehead atoms. The predicted octanol–water partition coefficient (Wildman–Crippen LogP) is -1.20. The molecular weight excluding hydrogens is 158 g/mol. The Bertz CT molecular complexity index is 125. The molecule has 12 heavy (non-hydrogen) atoms. The Morgan fingerprint density at radius 1 is 1.08 bits per heavy atom. The minimum atomic E-state index is -0.261. The smallest absolute Gasteiger partial charge is 0.0696 e. The molecule has 1 aliphatic rings. The predicted molar refractivity (Wildman–Crippen MR) is 44.8 cm³/mol. The van der Waals surface area contributed by atoms with E-state index in [9.17, 15) is 5.11 Å². The van der Waals surface area contributed by atoms with E-state index in [0.29, 0.717) is 13.1 Å². The van der Waals surface area contributed by atoms with Gasteiger partial charge < -0.3 is 15.3 Å². The van der Waals surface area contributed by atoms with Crippen LogP contribution >= 0.6 is 0 Å². The van der Waals surface area contributed by atoms with Crippen LogP contribution in [0.4, 0.5) is 0 Å². The fraction of sp³-hybridized carbons (Fsp3) is 1.00. The maximum Gasteiger partial charge on any atom is 0.0696 e. The normalized spacial score (nSPS) is 29.0. The van der Waals surface area contributed by atoms with Gasteiger partial charge in [0, 0.05) is 19.1 Å². The number of rotatable bonds is 5. The van der Waals surface area contributed by atoms with Crippen molar-refractivity contribution in [1.29, 1.82) is 0 Å². The molecule has 1 saturated carbocycles. The molecule has 4 heteroatoms. The highest BCUT2D eigenvalue weighted by atomic mass is 16.3. The van der Waals surface area contributed by atoms with E-state index >= 15 is 0 Å². The first-order chi connectivity index (χ1) is 5.79. The molecule has 3 N–H and O–H groups in total. The zero-order valence-electron chi connectivity index (χ0n) is 7.19. The van der Waals surface area contributed by atoms with Crippen molar-refractivity contribution in [3.63, 3.8) is 0 Å². The van der Waals surface area contributed by atoms with Crippen LogP contribution in [0.3, 0.4) is 0 Å². The fourth-order valence-corrected chi connectivity index (χ4v) is 1.59. The average Bonchev–Trinajstić information content (AvgIpc) is 2.03. The first kappa shape index (κ1) is 9.92. The highest BCUT2D eigenvalue weighted by Crippen LogP contribution is 2.24. The molecule has 2 atom stereocenters. The van der Waals surface area contributed by atoms with E-state index in [1.807, 2.05) is 4.90 Å². The summed E-state index contributed by atoms with van der Waals surface area (Å²) in [4.78, 5) is 1.94. The maximum atomic E-state index is 9.33. The molecule has 4 nitrogen and oxygen atoms in total. The van der Waals surface area contributed by atoms with Gasteiger partial charge in [-0.3, -0.25) is 4.90 Å². The van der Waals surface area contributed by atoms with Crippen LogP contribution in [0.15, 0.2) is 0 Å². The van der Waals surface area contributed by atoms with E-state index in [1.54, 1.807) is 0 Å². The van der Waals surface area contributed by atoms with Crippen molar-refractivity contribution in [3.05, 3.63) is 0 Å². The van der Waals surface area contributed by atoms with Gasteiger partial charge in [0.15, 0.2) is 0 Å². The molecule has 0 saturated heterocycles. The summed E-state index contributed by atoms with van der Waals surface area (Å²) in [7, 11) is 0. The molecule has 0 amide bonds. The third-order valence-corrected chi connectivity index (χ3v) is 2.45. The summed E-state index contributed by atoms with van der Waals surface area (Å²) in [5, 5.41) is 26.8. The van der Waals surface area contributed by atoms with E-state index < -0.39 is 0 Å². The molecule has 0 radical (unpaired) electrons. The summed E-state index contributed by atoms with van der Waals surface area (Å²) in [5.74, 6) is 0. The Balaban J connectivity index is 2.30. The lowest BCUT2D eigenvalue weighted by atomic mass is 9.88. The molecule has 0 unspecified atom stereocenters. The van der Waals surface area contributed by atoms with Crippen molar-refractivity contribution in [2.45, 2.75) is 25.0 Å². The van der Waals surface area contributed by atoms with Crippen LogP contribution in [0.25, 0.3) is 0 Å². The average molecular weight is 175 g/mol. The van der Waals surface area contributed by atoms with Crippen LogP contribution in [0, 0.1) is 0 Å². The Morgan fingerprint density at radius 2 is 1.67 bits per heavy atom. The Labute approximate surface area is 72.4 Å². The molecule has 0 aromatic rings. The SMILES string of the molecule is OCCN(CCO)[C@@H]1CC[C@H]1O. The zero-order valence-corrected chi connectivity index (χ0v) is 7.19. The second kappa shape index (κ2) is 4.77. The number of aliphatic hydroxyl groups is 3. The van der Waals surface area contributed by atoms with Gasteiger partial charge in [0.05, 0.1) is 19.3 Å². The molecule has 1 aliphatic carbocycles. The van der Waals surface area contributed by atoms with Gasteiger partial charge in [0.1, 0.15) is 0 Å². The van der Waals surface area contributed by atoms with Crippen LogP contribution in [0.5, 0.6) is 0 Å². The molecule has 0 spiro atoms. The van der Waals surface area contributed by atoms with E-state index in [0.717, 1.165) is 12.8 Å². The van der Waals surface area contributed by atoms with E-state index in [-0.39, 0.29) is 25.4 Å². The van der Waals surface area contributed by atoms with Gasteiger partial charge in [-0.25, -0.2) is 0 Å². The minimum Gasteiger partial charge on any atom is -0.395 e. The second-order valence-electron chi connectivity index (χ2n) is 3.20. The lowest BCUT2D eigenvalue weighted by Gasteiger charge is -2.41. The molecule has 1 rings (SSSR count). The highest BCUT2D eigenvalue weighted by Gasteiger charge is 2.33. The van der Waals surface area contributed by atoms with Crippen LogP contribution in [0.1, 0.15) is 12.8 Å². The van der Waals surface area contributed by atoms with Crippen LogP contribution in [-0.2, 0) is 0 Å². The molecule has 0 aliphatic heterocycles. The monoisotopic (exact) mass is 175 g/mol. The molecule has 0 aromatic carbocycles. The van der Waals surface area contributed by atoms with Crippen molar-refractivity contribution in [3.8, 4) is 0 Å². The third kappa shape index (κ3) is 2.17. The second-order valence-corrected chi connectivity index (χ2v) is 3.20. The zero-order chi connectivity index (χ0) is 8.97. The highest BCUT2D eigenvalue weighted by molar-refractivity contribution is 4.88. The lowest BCUT2D eigenvalue weighted by molar-refractivity contribution is -0.0312. The van der Waals surface area contributed by atoms with Crippen LogP contribution in [-0.4, -0.2) is 58.7 Å². The first-order valence-electron chi connectivity index (χ1n) is 4.43. The quantitative estimate of drug-likeness (QED) is 0.491. The largest absolute Gasteiger partial charge is 0.395 e. The lowest BCUT2D eigenvalue weighted by Crippen LogP contribution is -2.52. The van der Waals surface area contributed by atoms with Gasteiger partial charge in [-0.2, -0.15) is 0 Å². The van der Waals surface area contributed by atoms with Gasteiger partial charge in [-0.1, -0.05) is 0 Å². The molecule has 1 fully saturated rings. The first-order valence-corrected chi connectivity index (χ1v) is 4.43. The number of hydrogen-bond acceptors (Lipinski definition) is 4. The van der Waals surface area contributed by atoms with E-state index in [1.165, 1.54) is 0 Å². The van der Waals surface area contributed by atoms with Gasteiger partial charge in [0.2, 0.25) is 0 Å². The van der Waals surface area contributed by atoms with E-state index in [4.69, 9.17) is 10.2 Å².